The first-order valence-corrected chi connectivity index (χ1v) is 23.9. The van der Waals surface area contributed by atoms with Crippen LogP contribution < -0.4 is 0 Å². The van der Waals surface area contributed by atoms with Gasteiger partial charge in [0, 0.05) is 76.1 Å². The summed E-state index contributed by atoms with van der Waals surface area (Å²) in [6.07, 6.45) is 17.9. The van der Waals surface area contributed by atoms with Crippen LogP contribution in [-0.2, 0) is 28.8 Å². The average Bonchev–Trinajstić information content (AvgIpc) is 3.01. The molecule has 6 nitrogen and oxygen atoms in total. The summed E-state index contributed by atoms with van der Waals surface area (Å²) < 4.78 is 0. The predicted molar refractivity (Wildman–Crippen MR) is 222 cm³/mol. The van der Waals surface area contributed by atoms with Crippen molar-refractivity contribution in [1.29, 1.82) is 0 Å². The Morgan fingerprint density at radius 1 is 0.286 bits per heavy atom. The Hall–Kier alpha value is 0.120. The molecule has 284 valence electrons. The zero-order chi connectivity index (χ0) is 37.0. The van der Waals surface area contributed by atoms with Crippen molar-refractivity contribution in [2.24, 2.45) is 10.8 Å². The molecule has 0 radical (unpaired) electrons. The number of carbonyl (C=O) groups excluding carboxylic acids is 6. The highest BCUT2D eigenvalue weighted by molar-refractivity contribution is 8.14. The fraction of sp³-hybridized carbons (Fsp3) is 0.838. The van der Waals surface area contributed by atoms with Crippen LogP contribution >= 0.6 is 70.6 Å². The molecule has 0 aliphatic heterocycles. The molecule has 0 heterocycles. The fourth-order valence-corrected chi connectivity index (χ4v) is 10.1. The molecule has 0 aliphatic carbocycles. The van der Waals surface area contributed by atoms with E-state index in [-0.39, 0.29) is 41.5 Å². The molecule has 0 N–H and O–H groups in total. The number of unbranched alkanes of at least 4 members (excludes halogenated alkanes) is 2. The Morgan fingerprint density at radius 3 is 0.612 bits per heavy atom. The van der Waals surface area contributed by atoms with Gasteiger partial charge in [0.15, 0.2) is 30.7 Å². The molecule has 0 bridgehead atoms. The molecule has 0 aromatic heterocycles. The molecule has 0 aromatic rings. The molecule has 0 rings (SSSR count). The van der Waals surface area contributed by atoms with Gasteiger partial charge in [-0.25, -0.2) is 0 Å². The predicted octanol–water partition coefficient (Wildman–Crippen LogP) is 11.3. The Kier molecular flexibility index (Phi) is 30.6. The summed E-state index contributed by atoms with van der Waals surface area (Å²) in [5, 5.41) is 0.941. The number of carbonyl (C=O) groups is 6. The molecule has 0 saturated carbocycles. The summed E-state index contributed by atoms with van der Waals surface area (Å²) in [5.41, 5.74) is 0.280. The van der Waals surface area contributed by atoms with Crippen molar-refractivity contribution in [3.8, 4) is 0 Å². The van der Waals surface area contributed by atoms with E-state index >= 15 is 0 Å². The first kappa shape index (κ1) is 49.1. The monoisotopic (exact) mass is 796 g/mol. The van der Waals surface area contributed by atoms with Crippen LogP contribution in [0.15, 0.2) is 0 Å². The van der Waals surface area contributed by atoms with Gasteiger partial charge in [-0.05, 0) is 101 Å². The standard InChI is InChI=1S/C37H64O6S6/c1-30(38)44-24-10-18-36(19-11-25-45-31(2)39,20-12-26-46-32(3)40)16-8-7-9-17-37(21-13-27-47-33(4)41,22-14-28-48-34(5)42)23-15-29-49-35(6)43/h7-29H2,1-6H3. The smallest absolute Gasteiger partial charge is 0.185 e. The largest absolute Gasteiger partial charge is 0.288 e. The molecule has 49 heavy (non-hydrogen) atoms. The van der Waals surface area contributed by atoms with Crippen LogP contribution in [0, 0.1) is 10.8 Å². The molecule has 0 unspecified atom stereocenters. The summed E-state index contributed by atoms with van der Waals surface area (Å²) in [4.78, 5) is 69.8. The number of hydrogen-bond acceptors (Lipinski definition) is 12. The zero-order valence-corrected chi connectivity index (χ0v) is 36.1. The van der Waals surface area contributed by atoms with E-state index in [0.717, 1.165) is 144 Å². The molecule has 0 amide bonds. The number of rotatable bonds is 30. The third kappa shape index (κ3) is 30.3. The van der Waals surface area contributed by atoms with Crippen molar-refractivity contribution < 1.29 is 28.8 Å². The lowest BCUT2D eigenvalue weighted by Crippen LogP contribution is -2.24. The molecular weight excluding hydrogens is 733 g/mol. The third-order valence-corrected chi connectivity index (χ3v) is 14.3. The lowest BCUT2D eigenvalue weighted by molar-refractivity contribution is -0.109. The van der Waals surface area contributed by atoms with E-state index in [1.54, 1.807) is 41.5 Å². The van der Waals surface area contributed by atoms with E-state index in [9.17, 15) is 28.8 Å². The van der Waals surface area contributed by atoms with Crippen LogP contribution in [0.2, 0.25) is 0 Å². The lowest BCUT2D eigenvalue weighted by Gasteiger charge is -2.36. The maximum absolute atomic E-state index is 11.6. The summed E-state index contributed by atoms with van der Waals surface area (Å²) >= 11 is 8.42. The van der Waals surface area contributed by atoms with E-state index in [1.165, 1.54) is 70.6 Å². The molecular formula is C37H64O6S6. The molecule has 12 heteroatoms. The Bertz CT molecular complexity index is 802. The maximum Gasteiger partial charge on any atom is 0.185 e. The topological polar surface area (TPSA) is 102 Å². The summed E-state index contributed by atoms with van der Waals surface area (Å²) in [6.45, 7) is 9.76. The molecule has 0 aliphatic rings. The van der Waals surface area contributed by atoms with Crippen molar-refractivity contribution >= 4 is 101 Å². The molecule has 0 saturated heterocycles. The van der Waals surface area contributed by atoms with Crippen molar-refractivity contribution in [1.82, 2.24) is 0 Å². The van der Waals surface area contributed by atoms with Crippen molar-refractivity contribution in [2.45, 2.75) is 151 Å². The Labute approximate surface area is 324 Å². The second kappa shape index (κ2) is 30.6. The van der Waals surface area contributed by atoms with Gasteiger partial charge < -0.3 is 0 Å². The highest BCUT2D eigenvalue weighted by Crippen LogP contribution is 2.44. The molecule has 0 atom stereocenters. The molecule has 0 fully saturated rings. The van der Waals surface area contributed by atoms with Crippen LogP contribution in [0.5, 0.6) is 0 Å². The van der Waals surface area contributed by atoms with Crippen LogP contribution in [0.4, 0.5) is 0 Å². The highest BCUT2D eigenvalue weighted by Gasteiger charge is 2.31. The first-order chi connectivity index (χ1) is 23.2. The van der Waals surface area contributed by atoms with Crippen molar-refractivity contribution in [3.63, 3.8) is 0 Å². The minimum atomic E-state index is 0.140. The van der Waals surface area contributed by atoms with Crippen molar-refractivity contribution in [3.05, 3.63) is 0 Å². The number of thioether (sulfide) groups is 6. The van der Waals surface area contributed by atoms with Crippen molar-refractivity contribution in [2.75, 3.05) is 34.5 Å². The van der Waals surface area contributed by atoms with Gasteiger partial charge in [0.1, 0.15) is 0 Å². The van der Waals surface area contributed by atoms with Crippen LogP contribution in [0.25, 0.3) is 0 Å². The van der Waals surface area contributed by atoms with Gasteiger partial charge in [0.05, 0.1) is 0 Å². The SMILES string of the molecule is CC(=O)SCCCC(CCCCCC(CCCSC(C)=O)(CCCSC(C)=O)CCCSC(C)=O)(CCCSC(C)=O)CCCSC(C)=O. The quantitative estimate of drug-likeness (QED) is 0.0647. The third-order valence-electron chi connectivity index (χ3n) is 8.85. The van der Waals surface area contributed by atoms with Gasteiger partial charge in [0.25, 0.3) is 0 Å². The van der Waals surface area contributed by atoms with Gasteiger partial charge >= 0.3 is 0 Å². The van der Waals surface area contributed by atoms with Gasteiger partial charge in [-0.3, -0.25) is 28.8 Å². The minimum Gasteiger partial charge on any atom is -0.288 e. The second-order valence-corrected chi connectivity index (χ2v) is 20.9. The van der Waals surface area contributed by atoms with Crippen LogP contribution in [-0.4, -0.2) is 65.2 Å². The van der Waals surface area contributed by atoms with Crippen LogP contribution in [0.1, 0.15) is 151 Å². The van der Waals surface area contributed by atoms with E-state index in [4.69, 9.17) is 0 Å². The summed E-state index contributed by atoms with van der Waals surface area (Å²) in [5.74, 6) is 4.97. The number of hydrogen-bond donors (Lipinski definition) is 0. The van der Waals surface area contributed by atoms with Gasteiger partial charge in [-0.1, -0.05) is 89.8 Å². The lowest BCUT2D eigenvalue weighted by atomic mass is 9.70. The van der Waals surface area contributed by atoms with Crippen LogP contribution in [0.3, 0.4) is 0 Å². The van der Waals surface area contributed by atoms with Gasteiger partial charge in [-0.2, -0.15) is 0 Å². The van der Waals surface area contributed by atoms with Gasteiger partial charge in [-0.15, -0.1) is 0 Å². The summed E-state index contributed by atoms with van der Waals surface area (Å²) in [6, 6.07) is 0. The zero-order valence-electron chi connectivity index (χ0n) is 31.2. The normalized spacial score (nSPS) is 11.9. The van der Waals surface area contributed by atoms with Gasteiger partial charge in [0.2, 0.25) is 0 Å². The highest BCUT2D eigenvalue weighted by atomic mass is 32.2. The van der Waals surface area contributed by atoms with E-state index in [0.29, 0.717) is 0 Å². The van der Waals surface area contributed by atoms with E-state index < -0.39 is 0 Å². The Morgan fingerprint density at radius 2 is 0.449 bits per heavy atom. The first-order valence-electron chi connectivity index (χ1n) is 18.0. The second-order valence-electron chi connectivity index (χ2n) is 13.2. The van der Waals surface area contributed by atoms with E-state index in [1.807, 2.05) is 0 Å². The fourth-order valence-electron chi connectivity index (χ4n) is 6.66. The van der Waals surface area contributed by atoms with E-state index in [2.05, 4.69) is 0 Å². The maximum atomic E-state index is 11.6. The average molecular weight is 797 g/mol. The Balaban J connectivity index is 5.75. The minimum absolute atomic E-state index is 0.140. The molecule has 0 aromatic carbocycles. The molecule has 0 spiro atoms. The summed E-state index contributed by atoms with van der Waals surface area (Å²) in [7, 11) is 0.